The summed E-state index contributed by atoms with van der Waals surface area (Å²) in [5, 5.41) is 10.9. The Bertz CT molecular complexity index is 392. The number of guanidine groups is 1. The molecule has 1 aromatic heterocycles. The summed E-state index contributed by atoms with van der Waals surface area (Å²) in [7, 11) is 0. The van der Waals surface area contributed by atoms with E-state index < -0.39 is 11.0 Å². The van der Waals surface area contributed by atoms with E-state index in [0.717, 1.165) is 0 Å². The van der Waals surface area contributed by atoms with Gasteiger partial charge in [0, 0.05) is 0 Å². The number of nitrogens with one attached hydrogen (secondary N) is 1. The molecule has 0 saturated heterocycles. The van der Waals surface area contributed by atoms with E-state index in [-0.39, 0.29) is 17.9 Å². The summed E-state index contributed by atoms with van der Waals surface area (Å²) < 4.78 is 0. The van der Waals surface area contributed by atoms with Crippen LogP contribution in [0.1, 0.15) is 0 Å². The van der Waals surface area contributed by atoms with Crippen LogP contribution in [-0.4, -0.2) is 25.9 Å². The highest BCUT2D eigenvalue weighted by Gasteiger charge is 1.96. The van der Waals surface area contributed by atoms with Crippen LogP contribution in [0.4, 0.5) is 17.8 Å². The van der Waals surface area contributed by atoms with E-state index in [1.165, 1.54) is 0 Å². The van der Waals surface area contributed by atoms with E-state index >= 15 is 0 Å². The molecule has 0 aliphatic heterocycles. The van der Waals surface area contributed by atoms with Crippen LogP contribution in [0.25, 0.3) is 5.43 Å². The van der Waals surface area contributed by atoms with Crippen molar-refractivity contribution in [2.75, 3.05) is 11.5 Å². The van der Waals surface area contributed by atoms with Crippen molar-refractivity contribution in [3.63, 3.8) is 0 Å². The van der Waals surface area contributed by atoms with Crippen LogP contribution in [-0.2, 0) is 0 Å². The Morgan fingerprint density at radius 2 is 1.65 bits per heavy atom. The molecule has 0 saturated carbocycles. The number of rotatable bonds is 2. The normalized spacial score (nSPS) is 8.47. The monoisotopic (exact) mass is 245 g/mol. The van der Waals surface area contributed by atoms with Crippen molar-refractivity contribution in [2.24, 2.45) is 17.3 Å². The molecule has 0 aliphatic rings. The van der Waals surface area contributed by atoms with Crippen LogP contribution in [0, 0.1) is 10.1 Å². The molecule has 0 unspecified atom stereocenters. The Labute approximate surface area is 94.2 Å². The molecule has 1 aromatic rings. The zero-order valence-electron chi connectivity index (χ0n) is 8.44. The molecule has 0 radical (unpaired) electrons. The summed E-state index contributed by atoms with van der Waals surface area (Å²) in [5.74, 6) is 3.84. The fourth-order valence-corrected chi connectivity index (χ4v) is 0.515. The predicted octanol–water partition coefficient (Wildman–Crippen LogP) is -4.55. The van der Waals surface area contributed by atoms with Gasteiger partial charge in [-0.3, -0.25) is 17.3 Å². The van der Waals surface area contributed by atoms with Gasteiger partial charge in [-0.15, -0.1) is 0 Å². The third-order valence-electron chi connectivity index (χ3n) is 0.996. The Morgan fingerprint density at radius 3 is 1.94 bits per heavy atom. The molecule has 94 valence electrons. The molecule has 0 aromatic carbocycles. The lowest BCUT2D eigenvalue weighted by Gasteiger charge is -2.05. The molecule has 17 heavy (non-hydrogen) atoms. The molecule has 0 fully saturated rings. The molecule has 0 amide bonds. The third kappa shape index (κ3) is 6.89. The van der Waals surface area contributed by atoms with E-state index in [4.69, 9.17) is 22.9 Å². The van der Waals surface area contributed by atoms with Gasteiger partial charge < -0.3 is 21.4 Å². The summed E-state index contributed by atoms with van der Waals surface area (Å²) >= 11 is 0. The van der Waals surface area contributed by atoms with Gasteiger partial charge >= 0.3 is 5.96 Å². The molecular weight excluding hydrogens is 234 g/mol. The summed E-state index contributed by atoms with van der Waals surface area (Å²) in [4.78, 5) is 19.9. The number of nitrogens with two attached hydrogens (primary N) is 5. The maximum atomic E-state index is 9.85. The summed E-state index contributed by atoms with van der Waals surface area (Å²) in [5.41, 5.74) is 22.5. The first-order chi connectivity index (χ1) is 7.85. The lowest BCUT2D eigenvalue weighted by atomic mass is 10.8. The first-order valence-electron chi connectivity index (χ1n) is 3.82. The van der Waals surface area contributed by atoms with Crippen molar-refractivity contribution in [1.82, 2.24) is 15.0 Å². The van der Waals surface area contributed by atoms with Crippen LogP contribution < -0.4 is 33.9 Å². The van der Waals surface area contributed by atoms with E-state index in [0.29, 0.717) is 0 Å². The quantitative estimate of drug-likeness (QED) is 0.0956. The molecule has 0 atom stereocenters. The summed E-state index contributed by atoms with van der Waals surface area (Å²) in [6.07, 6.45) is 0. The van der Waals surface area contributed by atoms with E-state index in [2.05, 4.69) is 26.2 Å². The highest BCUT2D eigenvalue weighted by atomic mass is 16.7. The number of hydrogen-bond donors (Lipinski definition) is 6. The lowest BCUT2D eigenvalue weighted by molar-refractivity contribution is -0.471. The minimum Gasteiger partial charge on any atom is -0.381 e. The van der Waals surface area contributed by atoms with Crippen molar-refractivity contribution in [3.05, 3.63) is 15.5 Å². The number of nitrogen functional groups attached to an aromatic ring is 2. The highest BCUT2D eigenvalue weighted by molar-refractivity contribution is 5.68. The van der Waals surface area contributed by atoms with Gasteiger partial charge in [-0.2, -0.15) is 5.10 Å². The minimum atomic E-state index is -0.950. The van der Waals surface area contributed by atoms with Crippen molar-refractivity contribution in [2.45, 2.75) is 0 Å². The number of nitro groups is 1. The van der Waals surface area contributed by atoms with Crippen LogP contribution in [0.5, 0.6) is 0 Å². The van der Waals surface area contributed by atoms with Gasteiger partial charge in [-0.05, 0) is 0 Å². The standard InChI is InChI=1S/C3H4N7O2.CH6N4/c4-1-6-2(5)8-3(7-1)9-10(11)12;2-1(3)5-4/h(H4-,4,5,6,7,8,9);4H2,(H4,2,3,5)/q-1;/p+1. The molecule has 0 bridgehead atoms. The summed E-state index contributed by atoms with van der Waals surface area (Å²) in [6.45, 7) is 0. The van der Waals surface area contributed by atoms with Gasteiger partial charge in [0.1, 0.15) is 11.0 Å². The molecular formula is C4H11N11O2. The third-order valence-corrected chi connectivity index (χ3v) is 0.996. The molecule has 1 rings (SSSR count). The zero-order chi connectivity index (χ0) is 13.4. The fourth-order valence-electron chi connectivity index (χ4n) is 0.515. The van der Waals surface area contributed by atoms with Crippen molar-refractivity contribution >= 4 is 23.8 Å². The second kappa shape index (κ2) is 6.38. The first-order valence-corrected chi connectivity index (χ1v) is 3.82. The average Bonchev–Trinajstić information content (AvgIpc) is 2.15. The van der Waals surface area contributed by atoms with E-state index in [1.807, 2.05) is 5.10 Å². The molecule has 11 N–H and O–H groups in total. The topological polar surface area (TPSA) is 240 Å². The van der Waals surface area contributed by atoms with Crippen LogP contribution >= 0.6 is 0 Å². The highest BCUT2D eigenvalue weighted by Crippen LogP contribution is 2.12. The van der Waals surface area contributed by atoms with Crippen molar-refractivity contribution in [1.29, 1.82) is 0 Å². The number of nitrogens with zero attached hydrogens (tertiary/aromatic N) is 5. The Hall–Kier alpha value is -3.12. The van der Waals surface area contributed by atoms with Crippen molar-refractivity contribution < 1.29 is 10.1 Å². The van der Waals surface area contributed by atoms with Crippen LogP contribution in [0.15, 0.2) is 0 Å². The number of anilines is 2. The second-order valence-electron chi connectivity index (χ2n) is 2.29. The summed E-state index contributed by atoms with van der Waals surface area (Å²) in [6, 6.07) is 0. The molecule has 1 heterocycles. The van der Waals surface area contributed by atoms with E-state index in [1.54, 1.807) is 0 Å². The maximum Gasteiger partial charge on any atom is 0.360 e. The first kappa shape index (κ1) is 13.9. The maximum absolute atomic E-state index is 9.85. The van der Waals surface area contributed by atoms with Gasteiger partial charge in [-0.25, -0.2) is 15.1 Å². The molecule has 13 nitrogen and oxygen atoms in total. The fraction of sp³-hybridized carbons (Fsp3) is 0. The zero-order valence-corrected chi connectivity index (χ0v) is 8.44. The Balaban J connectivity index is 0.000000437. The Morgan fingerprint density at radius 1 is 1.24 bits per heavy atom. The minimum absolute atomic E-state index is 0.0324. The van der Waals surface area contributed by atoms with Crippen molar-refractivity contribution in [3.8, 4) is 0 Å². The molecule has 0 spiro atoms. The number of hydrazone groups is 1. The Kier molecular flexibility index (Phi) is 5.21. The molecule has 13 heteroatoms. The molecule has 0 aliphatic carbocycles. The lowest BCUT2D eigenvalue weighted by Crippen LogP contribution is -2.84. The number of hydrazine groups is 1. The largest absolute Gasteiger partial charge is 0.381 e. The smallest absolute Gasteiger partial charge is 0.360 e. The number of aromatic nitrogens is 3. The second-order valence-corrected chi connectivity index (χ2v) is 2.29. The van der Waals surface area contributed by atoms with Gasteiger partial charge in [0.2, 0.25) is 0 Å². The van der Waals surface area contributed by atoms with Crippen LogP contribution in [0.3, 0.4) is 0 Å². The average molecular weight is 245 g/mol. The van der Waals surface area contributed by atoms with E-state index in [9.17, 15) is 10.1 Å². The van der Waals surface area contributed by atoms with Gasteiger partial charge in [-0.1, -0.05) is 5.43 Å². The van der Waals surface area contributed by atoms with Crippen LogP contribution in [0.2, 0.25) is 0 Å². The SMILES string of the molecule is N[NH+]=C(N)N.Nc1nc(N)nc([N-][N+](=O)[O-])n1. The van der Waals surface area contributed by atoms with Gasteiger partial charge in [0.25, 0.3) is 0 Å². The number of hydrogen-bond acceptors (Lipinski definition) is 8. The predicted molar refractivity (Wildman–Crippen MR) is 57.2 cm³/mol. The van der Waals surface area contributed by atoms with Gasteiger partial charge in [0.15, 0.2) is 11.9 Å². The van der Waals surface area contributed by atoms with Gasteiger partial charge in [0.05, 0.1) is 0 Å².